The Balaban J connectivity index is 1.84. The van der Waals surface area contributed by atoms with E-state index in [0.717, 1.165) is 23.5 Å². The Morgan fingerprint density at radius 2 is 1.84 bits per heavy atom. The van der Waals surface area contributed by atoms with Crippen molar-refractivity contribution < 1.29 is 22.4 Å². The number of hydrogen-bond acceptors (Lipinski definition) is 4. The van der Waals surface area contributed by atoms with Gasteiger partial charge in [-0.1, -0.05) is 55.1 Å². The molecule has 3 atom stereocenters. The van der Waals surface area contributed by atoms with Crippen LogP contribution in [0.25, 0.3) is 0 Å². The number of benzene rings is 1. The molecule has 32 heavy (non-hydrogen) atoms. The van der Waals surface area contributed by atoms with Gasteiger partial charge in [0.2, 0.25) is 5.91 Å². The van der Waals surface area contributed by atoms with Gasteiger partial charge < -0.3 is 4.43 Å². The minimum Gasteiger partial charge on any atom is -0.413 e. The summed E-state index contributed by atoms with van der Waals surface area (Å²) < 4.78 is 47.0. The van der Waals surface area contributed by atoms with E-state index in [-0.39, 0.29) is 29.0 Å². The van der Waals surface area contributed by atoms with Gasteiger partial charge in [0.1, 0.15) is 0 Å². The van der Waals surface area contributed by atoms with Gasteiger partial charge in [0.15, 0.2) is 13.5 Å². The minimum atomic E-state index is -4.39. The number of amidine groups is 1. The van der Waals surface area contributed by atoms with Crippen molar-refractivity contribution in [2.24, 2.45) is 10.9 Å². The summed E-state index contributed by atoms with van der Waals surface area (Å²) in [7, 11) is -2.04. The maximum absolute atomic E-state index is 13.2. The van der Waals surface area contributed by atoms with Gasteiger partial charge in [0.05, 0.1) is 29.3 Å². The summed E-state index contributed by atoms with van der Waals surface area (Å²) in [5, 5.41) is 0.545. The highest BCUT2D eigenvalue weighted by Gasteiger charge is 2.56. The average molecular weight is 597 g/mol. The molecule has 2 heterocycles. The summed E-state index contributed by atoms with van der Waals surface area (Å²) in [6.45, 7) is 12.8. The first-order chi connectivity index (χ1) is 14.7. The second kappa shape index (κ2) is 9.07. The van der Waals surface area contributed by atoms with Crippen LogP contribution in [0.5, 0.6) is 0 Å². The monoisotopic (exact) mass is 596 g/mol. The van der Waals surface area contributed by atoms with Gasteiger partial charge in [-0.2, -0.15) is 13.2 Å². The molecule has 0 aromatic heterocycles. The molecule has 0 radical (unpaired) electrons. The third kappa shape index (κ3) is 5.12. The van der Waals surface area contributed by atoms with Gasteiger partial charge in [-0.15, -0.1) is 0 Å². The maximum atomic E-state index is 13.2. The van der Waals surface area contributed by atoms with E-state index in [0.29, 0.717) is 10.9 Å². The number of carbonyl (C=O) groups is 1. The minimum absolute atomic E-state index is 0.0353. The largest absolute Gasteiger partial charge is 0.416 e. The topological polar surface area (TPSA) is 41.9 Å². The first-order valence-corrected chi connectivity index (χ1v) is 15.4. The van der Waals surface area contributed by atoms with Crippen LogP contribution in [0.4, 0.5) is 18.9 Å². The molecule has 0 aliphatic carbocycles. The molecule has 2 fully saturated rings. The highest BCUT2D eigenvalue weighted by molar-refractivity contribution is 14.1. The fourth-order valence-corrected chi connectivity index (χ4v) is 6.72. The van der Waals surface area contributed by atoms with E-state index in [4.69, 9.17) is 4.43 Å². The molecule has 1 aromatic rings. The lowest BCUT2D eigenvalue weighted by molar-refractivity contribution is -0.154. The Morgan fingerprint density at radius 1 is 1.25 bits per heavy atom. The molecular weight excluding hydrogens is 568 g/mol. The molecule has 1 amide bonds. The number of thioether (sulfide) groups is 1. The Kier molecular flexibility index (Phi) is 7.30. The lowest BCUT2D eigenvalue weighted by Gasteiger charge is -2.53. The number of alkyl halides is 3. The number of halogens is 4. The van der Waals surface area contributed by atoms with Crippen molar-refractivity contribution in [2.75, 3.05) is 0 Å². The van der Waals surface area contributed by atoms with Crippen LogP contribution in [-0.4, -0.2) is 36.4 Å². The summed E-state index contributed by atoms with van der Waals surface area (Å²) in [6, 6.07) is 4.62. The Labute approximate surface area is 206 Å². The zero-order chi connectivity index (χ0) is 24.1. The van der Waals surface area contributed by atoms with Crippen LogP contribution in [0.3, 0.4) is 0 Å². The maximum Gasteiger partial charge on any atom is 0.416 e. The zero-order valence-electron chi connectivity index (χ0n) is 19.0. The van der Waals surface area contributed by atoms with Gasteiger partial charge in [0, 0.05) is 11.3 Å². The molecule has 1 aromatic carbocycles. The predicted molar refractivity (Wildman–Crippen MR) is 135 cm³/mol. The molecular formula is C22H28F3IN2O2SSi. The molecule has 10 heteroatoms. The fourth-order valence-electron chi connectivity index (χ4n) is 3.64. The number of rotatable bonds is 4. The smallest absolute Gasteiger partial charge is 0.413 e. The second-order valence-electron chi connectivity index (χ2n) is 9.71. The van der Waals surface area contributed by atoms with Crippen LogP contribution >= 0.6 is 34.4 Å². The van der Waals surface area contributed by atoms with Crippen LogP contribution in [0.1, 0.15) is 39.7 Å². The lowest BCUT2D eigenvalue weighted by Crippen LogP contribution is -2.68. The van der Waals surface area contributed by atoms with Crippen molar-refractivity contribution in [3.63, 3.8) is 0 Å². The molecule has 0 unspecified atom stereocenters. The first kappa shape index (κ1) is 25.8. The van der Waals surface area contributed by atoms with Crippen molar-refractivity contribution in [1.82, 2.24) is 4.90 Å². The van der Waals surface area contributed by atoms with E-state index in [9.17, 15) is 18.0 Å². The number of aliphatic imine (C=N–C) groups is 1. The Morgan fingerprint density at radius 3 is 2.34 bits per heavy atom. The SMILES string of the molecule is C[C@@H](O[Si](C)(C)C(C)(C)C)[C@H]1C(=O)N2C(=Nc3ccc(C(F)(F)F)cc3)S/C(=C/I)C[C@H]12. The Hall–Kier alpha value is -0.853. The van der Waals surface area contributed by atoms with Crippen LogP contribution in [-0.2, 0) is 15.4 Å². The molecule has 2 aliphatic rings. The number of β-lactam (4-membered cyclic amide) rings is 1. The number of fused-ring (bicyclic) bond motifs is 1. The van der Waals surface area contributed by atoms with E-state index >= 15 is 0 Å². The van der Waals surface area contributed by atoms with Crippen molar-refractivity contribution >= 4 is 59.4 Å². The van der Waals surface area contributed by atoms with Crippen molar-refractivity contribution in [3.8, 4) is 0 Å². The van der Waals surface area contributed by atoms with E-state index in [1.807, 2.05) is 11.0 Å². The first-order valence-electron chi connectivity index (χ1n) is 10.4. The summed E-state index contributed by atoms with van der Waals surface area (Å²) in [5.41, 5.74) is -0.337. The lowest BCUT2D eigenvalue weighted by atomic mass is 9.81. The van der Waals surface area contributed by atoms with Crippen LogP contribution in [0, 0.1) is 5.92 Å². The molecule has 0 bridgehead atoms. The number of carbonyl (C=O) groups excluding carboxylic acids is 1. The van der Waals surface area contributed by atoms with Gasteiger partial charge in [-0.25, -0.2) is 4.99 Å². The number of nitrogens with zero attached hydrogens (tertiary/aromatic N) is 2. The standard InChI is InChI=1S/C22H28F3IN2O2SSi/c1-13(30-32(5,6)21(2,3)4)18-17-11-16(12-26)31-20(28(17)19(18)29)27-15-9-7-14(8-10-15)22(23,24)25/h7-10,12-13,17-18H,11H2,1-6H3/b16-12+,27-20?/t13-,17-,18-/m1/s1. The third-order valence-electron chi connectivity index (χ3n) is 6.44. The summed E-state index contributed by atoms with van der Waals surface area (Å²) in [5.74, 6) is -0.291. The molecule has 0 N–H and O–H groups in total. The van der Waals surface area contributed by atoms with Crippen LogP contribution in [0.15, 0.2) is 38.2 Å². The molecule has 176 valence electrons. The van der Waals surface area contributed by atoms with Crippen molar-refractivity contribution in [3.05, 3.63) is 38.8 Å². The average Bonchev–Trinajstić information content (AvgIpc) is 2.65. The van der Waals surface area contributed by atoms with Gasteiger partial charge in [-0.05, 0) is 53.4 Å². The van der Waals surface area contributed by atoms with Gasteiger partial charge in [-0.3, -0.25) is 9.69 Å². The highest BCUT2D eigenvalue weighted by Crippen LogP contribution is 2.47. The zero-order valence-corrected chi connectivity index (χ0v) is 22.9. The van der Waals surface area contributed by atoms with Crippen LogP contribution < -0.4 is 0 Å². The highest BCUT2D eigenvalue weighted by atomic mass is 127. The number of amides is 1. The second-order valence-corrected chi connectivity index (χ2v) is 16.2. The van der Waals surface area contributed by atoms with Crippen molar-refractivity contribution in [1.29, 1.82) is 0 Å². The van der Waals surface area contributed by atoms with E-state index in [2.05, 4.69) is 61.4 Å². The molecule has 3 rings (SSSR count). The predicted octanol–water partition coefficient (Wildman–Crippen LogP) is 7.34. The summed E-state index contributed by atoms with van der Waals surface area (Å²) >= 11 is 3.56. The van der Waals surface area contributed by atoms with Gasteiger partial charge in [0.25, 0.3) is 0 Å². The van der Waals surface area contributed by atoms with Crippen molar-refractivity contribution in [2.45, 2.75) is 70.6 Å². The van der Waals surface area contributed by atoms with Gasteiger partial charge >= 0.3 is 6.18 Å². The number of hydrogen-bond donors (Lipinski definition) is 0. The molecule has 0 saturated carbocycles. The Bertz CT molecular complexity index is 942. The molecule has 0 spiro atoms. The molecule has 4 nitrogen and oxygen atoms in total. The van der Waals surface area contributed by atoms with E-state index in [1.165, 1.54) is 23.9 Å². The summed E-state index contributed by atoms with van der Waals surface area (Å²) in [6.07, 6.45) is -3.88. The summed E-state index contributed by atoms with van der Waals surface area (Å²) in [4.78, 5) is 20.4. The third-order valence-corrected chi connectivity index (χ3v) is 13.2. The fraction of sp³-hybridized carbons (Fsp3) is 0.545. The van der Waals surface area contributed by atoms with E-state index in [1.54, 1.807) is 4.90 Å². The molecule has 2 aliphatic heterocycles. The normalized spacial score (nSPS) is 25.7. The molecule has 2 saturated heterocycles. The van der Waals surface area contributed by atoms with Crippen LogP contribution in [0.2, 0.25) is 18.1 Å². The van der Waals surface area contributed by atoms with E-state index < -0.39 is 20.1 Å². The quantitative estimate of drug-likeness (QED) is 0.208.